The lowest BCUT2D eigenvalue weighted by molar-refractivity contribution is 0.102. The van der Waals surface area contributed by atoms with Crippen molar-refractivity contribution in [3.05, 3.63) is 57.2 Å². The quantitative estimate of drug-likeness (QED) is 0.619. The first-order valence-corrected chi connectivity index (χ1v) is 9.16. The summed E-state index contributed by atoms with van der Waals surface area (Å²) < 4.78 is 11.8. The summed E-state index contributed by atoms with van der Waals surface area (Å²) in [5.41, 5.74) is 2.53. The minimum atomic E-state index is -0.255. The van der Waals surface area contributed by atoms with Gasteiger partial charge in [-0.3, -0.25) is 9.78 Å². The van der Waals surface area contributed by atoms with Gasteiger partial charge in [0.15, 0.2) is 11.5 Å². The first kappa shape index (κ1) is 17.1. The Bertz CT molecular complexity index is 1040. The summed E-state index contributed by atoms with van der Waals surface area (Å²) in [5, 5.41) is 4.32. The number of pyridine rings is 1. The number of rotatable bonds is 2. The number of carbonyl (C=O) groups is 1. The fourth-order valence-corrected chi connectivity index (χ4v) is 3.42. The van der Waals surface area contributed by atoms with E-state index in [0.717, 1.165) is 10.9 Å². The largest absolute Gasteiger partial charge is 0.486 e. The third-order valence-corrected chi connectivity index (χ3v) is 4.98. The normalized spacial score (nSPS) is 12.9. The van der Waals surface area contributed by atoms with Gasteiger partial charge >= 0.3 is 0 Å². The van der Waals surface area contributed by atoms with Gasteiger partial charge in [0.25, 0.3) is 5.91 Å². The number of ether oxygens (including phenoxy) is 2. The van der Waals surface area contributed by atoms with Gasteiger partial charge in [-0.15, -0.1) is 0 Å². The number of anilines is 1. The van der Waals surface area contributed by atoms with E-state index in [1.54, 1.807) is 30.3 Å². The van der Waals surface area contributed by atoms with Crippen LogP contribution in [-0.2, 0) is 0 Å². The van der Waals surface area contributed by atoms with Crippen molar-refractivity contribution in [2.75, 3.05) is 18.5 Å². The molecule has 1 aliphatic rings. The highest BCUT2D eigenvalue weighted by Gasteiger charge is 2.18. The summed E-state index contributed by atoms with van der Waals surface area (Å²) in [6, 6.07) is 10.7. The highest BCUT2D eigenvalue weighted by Crippen LogP contribution is 2.38. The van der Waals surface area contributed by atoms with E-state index >= 15 is 0 Å². The van der Waals surface area contributed by atoms with E-state index in [1.165, 1.54) is 0 Å². The Morgan fingerprint density at radius 2 is 1.88 bits per heavy atom. The fourth-order valence-electron chi connectivity index (χ4n) is 2.82. The van der Waals surface area contributed by atoms with Crippen LogP contribution < -0.4 is 14.8 Å². The van der Waals surface area contributed by atoms with Crippen LogP contribution in [-0.4, -0.2) is 24.1 Å². The van der Waals surface area contributed by atoms with Crippen molar-refractivity contribution in [3.8, 4) is 11.5 Å². The molecular weight excluding hydrogens is 420 g/mol. The first-order valence-electron chi connectivity index (χ1n) is 7.98. The number of halogens is 2. The molecule has 0 saturated carbocycles. The van der Waals surface area contributed by atoms with Crippen LogP contribution in [0.1, 0.15) is 16.1 Å². The van der Waals surface area contributed by atoms with Crippen molar-refractivity contribution in [1.29, 1.82) is 0 Å². The van der Waals surface area contributed by atoms with Crippen LogP contribution in [0.15, 0.2) is 40.9 Å². The van der Waals surface area contributed by atoms with Gasteiger partial charge < -0.3 is 14.8 Å². The molecular formula is C19H14BrClN2O3. The minimum absolute atomic E-state index is 0.255. The van der Waals surface area contributed by atoms with E-state index in [1.807, 2.05) is 13.0 Å². The molecule has 2 aromatic carbocycles. The second-order valence-electron chi connectivity index (χ2n) is 5.89. The number of nitrogens with one attached hydrogen (secondary N) is 1. The maximum atomic E-state index is 12.8. The fraction of sp³-hybridized carbons (Fsp3) is 0.158. The van der Waals surface area contributed by atoms with Crippen molar-refractivity contribution in [2.24, 2.45) is 0 Å². The molecule has 26 heavy (non-hydrogen) atoms. The van der Waals surface area contributed by atoms with Crippen LogP contribution in [0.4, 0.5) is 5.69 Å². The molecule has 4 rings (SSSR count). The molecule has 0 bridgehead atoms. The van der Waals surface area contributed by atoms with Crippen LogP contribution in [0, 0.1) is 6.92 Å². The first-order chi connectivity index (χ1) is 12.5. The number of benzene rings is 2. The Hall–Kier alpha value is -2.31. The van der Waals surface area contributed by atoms with Crippen LogP contribution >= 0.6 is 27.5 Å². The van der Waals surface area contributed by atoms with Gasteiger partial charge in [0.05, 0.1) is 22.5 Å². The second kappa shape index (κ2) is 6.78. The molecule has 5 nitrogen and oxygen atoms in total. The van der Waals surface area contributed by atoms with Crippen LogP contribution in [0.5, 0.6) is 11.5 Å². The predicted octanol–water partition coefficient (Wildman–Crippen LogP) is 4.98. The van der Waals surface area contributed by atoms with Crippen molar-refractivity contribution in [3.63, 3.8) is 0 Å². The van der Waals surface area contributed by atoms with Crippen LogP contribution in [0.25, 0.3) is 10.9 Å². The Kier molecular flexibility index (Phi) is 4.46. The lowest BCUT2D eigenvalue weighted by atomic mass is 10.1. The summed E-state index contributed by atoms with van der Waals surface area (Å²) >= 11 is 9.51. The summed E-state index contributed by atoms with van der Waals surface area (Å²) in [7, 11) is 0. The average Bonchev–Trinajstić information content (AvgIpc) is 2.62. The molecule has 7 heteroatoms. The molecule has 0 aliphatic carbocycles. The van der Waals surface area contributed by atoms with Gasteiger partial charge in [-0.1, -0.05) is 11.6 Å². The summed E-state index contributed by atoms with van der Waals surface area (Å²) in [6.07, 6.45) is 0. The number of aromatic nitrogens is 1. The molecule has 0 saturated heterocycles. The van der Waals surface area contributed by atoms with E-state index in [4.69, 9.17) is 21.1 Å². The molecule has 0 unspecified atom stereocenters. The molecule has 0 atom stereocenters. The smallest absolute Gasteiger partial charge is 0.257 e. The van der Waals surface area contributed by atoms with Crippen molar-refractivity contribution in [1.82, 2.24) is 4.98 Å². The standard InChI is InChI=1S/C19H14BrClN2O3/c1-10-13(7-11-6-12(21)2-3-15(11)22-10)19(24)23-16-9-18-17(8-14(16)20)25-4-5-26-18/h2-3,6-9H,4-5H2,1H3,(H,23,24). The van der Waals surface area contributed by atoms with Gasteiger partial charge in [-0.25, -0.2) is 0 Å². The highest BCUT2D eigenvalue weighted by molar-refractivity contribution is 9.10. The lowest BCUT2D eigenvalue weighted by Crippen LogP contribution is -2.17. The minimum Gasteiger partial charge on any atom is -0.486 e. The number of nitrogens with zero attached hydrogens (tertiary/aromatic N) is 1. The number of amides is 1. The molecule has 3 aromatic rings. The van der Waals surface area contributed by atoms with Crippen LogP contribution in [0.3, 0.4) is 0 Å². The monoisotopic (exact) mass is 432 g/mol. The Morgan fingerprint density at radius 3 is 2.65 bits per heavy atom. The van der Waals surface area contributed by atoms with E-state index in [-0.39, 0.29) is 5.91 Å². The number of hydrogen-bond acceptors (Lipinski definition) is 4. The third-order valence-electron chi connectivity index (χ3n) is 4.09. The average molecular weight is 434 g/mol. The topological polar surface area (TPSA) is 60.5 Å². The molecule has 1 aromatic heterocycles. The molecule has 1 amide bonds. The van der Waals surface area contributed by atoms with Crippen molar-refractivity contribution in [2.45, 2.75) is 6.92 Å². The third kappa shape index (κ3) is 3.22. The summed E-state index contributed by atoms with van der Waals surface area (Å²) in [5.74, 6) is 1.00. The SMILES string of the molecule is Cc1nc2ccc(Cl)cc2cc1C(=O)Nc1cc2c(cc1Br)OCCO2. The Labute approximate surface area is 163 Å². The van der Waals surface area contributed by atoms with E-state index in [2.05, 4.69) is 26.2 Å². The number of fused-ring (bicyclic) bond motifs is 2. The highest BCUT2D eigenvalue weighted by atomic mass is 79.9. The molecule has 0 radical (unpaired) electrons. The number of aryl methyl sites for hydroxylation is 1. The molecule has 0 spiro atoms. The van der Waals surface area contributed by atoms with Gasteiger partial charge in [0.1, 0.15) is 13.2 Å². The molecule has 132 valence electrons. The van der Waals surface area contributed by atoms with E-state index < -0.39 is 0 Å². The second-order valence-corrected chi connectivity index (χ2v) is 7.18. The summed E-state index contributed by atoms with van der Waals surface area (Å²) in [6.45, 7) is 2.80. The number of hydrogen-bond donors (Lipinski definition) is 1. The molecule has 1 N–H and O–H groups in total. The zero-order chi connectivity index (χ0) is 18.3. The van der Waals surface area contributed by atoms with Crippen molar-refractivity contribution < 1.29 is 14.3 Å². The van der Waals surface area contributed by atoms with Crippen molar-refractivity contribution >= 4 is 50.0 Å². The molecule has 0 fully saturated rings. The van der Waals surface area contributed by atoms with Gasteiger partial charge in [0, 0.05) is 27.0 Å². The Morgan fingerprint density at radius 1 is 1.15 bits per heavy atom. The maximum absolute atomic E-state index is 12.8. The zero-order valence-electron chi connectivity index (χ0n) is 13.8. The number of carbonyl (C=O) groups excluding carboxylic acids is 1. The van der Waals surface area contributed by atoms with Crippen LogP contribution in [0.2, 0.25) is 5.02 Å². The molecule has 1 aliphatic heterocycles. The Balaban J connectivity index is 1.68. The van der Waals surface area contributed by atoms with E-state index in [9.17, 15) is 4.79 Å². The van der Waals surface area contributed by atoms with Gasteiger partial charge in [-0.2, -0.15) is 0 Å². The van der Waals surface area contributed by atoms with Gasteiger partial charge in [-0.05, 0) is 47.1 Å². The predicted molar refractivity (Wildman–Crippen MR) is 105 cm³/mol. The zero-order valence-corrected chi connectivity index (χ0v) is 16.1. The van der Waals surface area contributed by atoms with Gasteiger partial charge in [0.2, 0.25) is 0 Å². The van der Waals surface area contributed by atoms with E-state index in [0.29, 0.717) is 51.2 Å². The maximum Gasteiger partial charge on any atom is 0.257 e. The lowest BCUT2D eigenvalue weighted by Gasteiger charge is -2.20. The molecule has 2 heterocycles. The summed E-state index contributed by atoms with van der Waals surface area (Å²) in [4.78, 5) is 17.3.